The number of carboxylic acid groups (broad SMARTS) is 1. The summed E-state index contributed by atoms with van der Waals surface area (Å²) < 4.78 is 0. The maximum Gasteiger partial charge on any atom is 0.305 e. The number of hydrogen-bond donors (Lipinski definition) is 2. The molecule has 0 fully saturated rings. The Labute approximate surface area is 72.0 Å². The Morgan fingerprint density at radius 3 is 2.58 bits per heavy atom. The maximum absolute atomic E-state index is 10.3. The molecule has 0 spiro atoms. The van der Waals surface area contributed by atoms with Crippen LogP contribution >= 0.6 is 0 Å². The van der Waals surface area contributed by atoms with Gasteiger partial charge in [-0.1, -0.05) is 20.3 Å². The van der Waals surface area contributed by atoms with Gasteiger partial charge in [-0.25, -0.2) is 0 Å². The summed E-state index contributed by atoms with van der Waals surface area (Å²) in [7, 11) is 0. The minimum absolute atomic E-state index is 0.00620. The molecule has 0 aromatic carbocycles. The van der Waals surface area contributed by atoms with E-state index in [9.17, 15) is 9.59 Å². The monoisotopic (exact) mass is 173 g/mol. The first-order valence-electron chi connectivity index (χ1n) is 4.03. The highest BCUT2D eigenvalue weighted by molar-refractivity contribution is 5.68. The maximum atomic E-state index is 10.3. The van der Waals surface area contributed by atoms with Crippen LogP contribution in [0.2, 0.25) is 0 Å². The van der Waals surface area contributed by atoms with Crippen LogP contribution in [0.3, 0.4) is 0 Å². The van der Waals surface area contributed by atoms with E-state index >= 15 is 0 Å². The lowest BCUT2D eigenvalue weighted by molar-refractivity contribution is -0.137. The molecule has 2 N–H and O–H groups in total. The molecular weight excluding hydrogens is 158 g/mol. The number of aliphatic carboxylic acids is 1. The number of carboxylic acids is 1. The lowest BCUT2D eigenvalue weighted by Gasteiger charge is -2.19. The Morgan fingerprint density at radius 1 is 1.67 bits per heavy atom. The summed E-state index contributed by atoms with van der Waals surface area (Å²) in [5.74, 6) is -0.680. The molecule has 0 aliphatic heterocycles. The van der Waals surface area contributed by atoms with E-state index in [1.165, 1.54) is 0 Å². The van der Waals surface area contributed by atoms with Gasteiger partial charge >= 0.3 is 5.97 Å². The Balaban J connectivity index is 4.01. The fourth-order valence-electron chi connectivity index (χ4n) is 0.984. The molecule has 0 radical (unpaired) electrons. The van der Waals surface area contributed by atoms with Gasteiger partial charge in [-0.15, -0.1) is 0 Å². The molecule has 0 bridgehead atoms. The van der Waals surface area contributed by atoms with Crippen molar-refractivity contribution in [1.82, 2.24) is 5.32 Å². The topological polar surface area (TPSA) is 66.4 Å². The van der Waals surface area contributed by atoms with Crippen LogP contribution in [-0.2, 0) is 9.59 Å². The molecule has 0 rings (SSSR count). The van der Waals surface area contributed by atoms with Gasteiger partial charge in [0, 0.05) is 6.04 Å². The van der Waals surface area contributed by atoms with Crippen molar-refractivity contribution in [2.45, 2.75) is 32.7 Å². The Bertz CT molecular complexity index is 158. The van der Waals surface area contributed by atoms with Crippen molar-refractivity contribution in [3.05, 3.63) is 0 Å². The smallest absolute Gasteiger partial charge is 0.305 e. The minimum atomic E-state index is -0.880. The number of carbonyl (C=O) groups is 2. The van der Waals surface area contributed by atoms with Crippen LogP contribution in [0.15, 0.2) is 0 Å². The molecule has 0 saturated carbocycles. The van der Waals surface area contributed by atoms with Crippen molar-refractivity contribution in [2.75, 3.05) is 0 Å². The van der Waals surface area contributed by atoms with Gasteiger partial charge < -0.3 is 10.4 Å². The van der Waals surface area contributed by atoms with E-state index in [-0.39, 0.29) is 18.4 Å². The highest BCUT2D eigenvalue weighted by atomic mass is 16.4. The van der Waals surface area contributed by atoms with Crippen molar-refractivity contribution < 1.29 is 14.7 Å². The predicted octanol–water partition coefficient (Wildman–Crippen LogP) is 0.622. The molecule has 12 heavy (non-hydrogen) atoms. The van der Waals surface area contributed by atoms with Crippen molar-refractivity contribution in [3.8, 4) is 0 Å². The van der Waals surface area contributed by atoms with Crippen LogP contribution in [0.25, 0.3) is 0 Å². The zero-order valence-corrected chi connectivity index (χ0v) is 7.41. The van der Waals surface area contributed by atoms with Crippen molar-refractivity contribution in [2.24, 2.45) is 5.92 Å². The standard InChI is InChI=1S/C8H15NO3/c1-3-6(2)7(9-5-10)4-8(11)12/h5-7H,3-4H2,1-2H3,(H,9,10)(H,11,12)/t6?,7-/m1/s1. The summed E-state index contributed by atoms with van der Waals surface area (Å²) in [5.41, 5.74) is 0. The molecule has 4 nitrogen and oxygen atoms in total. The second-order valence-electron chi connectivity index (χ2n) is 2.87. The first kappa shape index (κ1) is 10.9. The molecule has 0 aliphatic rings. The molecule has 4 heteroatoms. The molecule has 1 unspecified atom stereocenters. The van der Waals surface area contributed by atoms with Gasteiger partial charge in [0.25, 0.3) is 0 Å². The third kappa shape index (κ3) is 3.95. The third-order valence-corrected chi connectivity index (χ3v) is 2.01. The number of carbonyl (C=O) groups excluding carboxylic acids is 1. The van der Waals surface area contributed by atoms with Gasteiger partial charge in [0.15, 0.2) is 0 Å². The van der Waals surface area contributed by atoms with Gasteiger partial charge in [-0.05, 0) is 5.92 Å². The van der Waals surface area contributed by atoms with Gasteiger partial charge in [0.05, 0.1) is 6.42 Å². The Hall–Kier alpha value is -1.06. The van der Waals surface area contributed by atoms with Crippen molar-refractivity contribution in [1.29, 1.82) is 0 Å². The largest absolute Gasteiger partial charge is 0.481 e. The van der Waals surface area contributed by atoms with E-state index in [0.717, 1.165) is 6.42 Å². The molecule has 70 valence electrons. The molecule has 0 saturated heterocycles. The van der Waals surface area contributed by atoms with E-state index in [1.807, 2.05) is 13.8 Å². The van der Waals surface area contributed by atoms with E-state index < -0.39 is 5.97 Å². The second kappa shape index (κ2) is 5.57. The van der Waals surface area contributed by atoms with Crippen LogP contribution in [0.5, 0.6) is 0 Å². The van der Waals surface area contributed by atoms with Crippen molar-refractivity contribution >= 4 is 12.4 Å². The molecular formula is C8H15NO3. The molecule has 0 aromatic rings. The molecule has 0 heterocycles. The lowest BCUT2D eigenvalue weighted by atomic mass is 9.97. The van der Waals surface area contributed by atoms with Gasteiger partial charge in [0.1, 0.15) is 0 Å². The zero-order valence-electron chi connectivity index (χ0n) is 7.41. The second-order valence-corrected chi connectivity index (χ2v) is 2.87. The summed E-state index contributed by atoms with van der Waals surface area (Å²) in [5, 5.41) is 11.0. The summed E-state index contributed by atoms with van der Waals surface area (Å²) >= 11 is 0. The third-order valence-electron chi connectivity index (χ3n) is 2.01. The van der Waals surface area contributed by atoms with Gasteiger partial charge in [0.2, 0.25) is 6.41 Å². The molecule has 2 atom stereocenters. The van der Waals surface area contributed by atoms with E-state index in [0.29, 0.717) is 6.41 Å². The van der Waals surface area contributed by atoms with Crippen LogP contribution in [0.1, 0.15) is 26.7 Å². The van der Waals surface area contributed by atoms with E-state index in [2.05, 4.69) is 5.32 Å². The predicted molar refractivity (Wildman–Crippen MR) is 44.7 cm³/mol. The summed E-state index contributed by atoms with van der Waals surface area (Å²) in [4.78, 5) is 20.5. The normalized spacial score (nSPS) is 14.8. The van der Waals surface area contributed by atoms with Gasteiger partial charge in [-0.2, -0.15) is 0 Å². The van der Waals surface area contributed by atoms with E-state index in [4.69, 9.17) is 5.11 Å². The highest BCUT2D eigenvalue weighted by Crippen LogP contribution is 2.10. The zero-order chi connectivity index (χ0) is 9.56. The van der Waals surface area contributed by atoms with Gasteiger partial charge in [-0.3, -0.25) is 9.59 Å². The molecule has 1 amide bonds. The average Bonchev–Trinajstić information content (AvgIpc) is 2.01. The first-order valence-corrected chi connectivity index (χ1v) is 4.03. The Morgan fingerprint density at radius 2 is 2.25 bits per heavy atom. The SMILES string of the molecule is CCC(C)[C@@H](CC(=O)O)NC=O. The van der Waals surface area contributed by atoms with Crippen LogP contribution in [0, 0.1) is 5.92 Å². The fraction of sp³-hybridized carbons (Fsp3) is 0.750. The summed E-state index contributed by atoms with van der Waals surface area (Å²) in [6.07, 6.45) is 1.41. The lowest BCUT2D eigenvalue weighted by Crippen LogP contribution is -2.35. The minimum Gasteiger partial charge on any atom is -0.481 e. The summed E-state index contributed by atoms with van der Waals surface area (Å²) in [6.45, 7) is 3.89. The number of hydrogen-bond acceptors (Lipinski definition) is 2. The summed E-state index contributed by atoms with van der Waals surface area (Å²) in [6, 6.07) is -0.245. The highest BCUT2D eigenvalue weighted by Gasteiger charge is 2.17. The average molecular weight is 173 g/mol. The fourth-order valence-corrected chi connectivity index (χ4v) is 0.984. The number of rotatable bonds is 6. The molecule has 0 aromatic heterocycles. The first-order chi connectivity index (χ1) is 5.61. The van der Waals surface area contributed by atoms with E-state index in [1.54, 1.807) is 0 Å². The van der Waals surface area contributed by atoms with Crippen LogP contribution in [-0.4, -0.2) is 23.5 Å². The van der Waals surface area contributed by atoms with Crippen molar-refractivity contribution in [3.63, 3.8) is 0 Å². The number of nitrogens with one attached hydrogen (secondary N) is 1. The van der Waals surface area contributed by atoms with Crippen LogP contribution < -0.4 is 5.32 Å². The quantitative estimate of drug-likeness (QED) is 0.579. The number of amides is 1. The van der Waals surface area contributed by atoms with Crippen LogP contribution in [0.4, 0.5) is 0 Å². The molecule has 0 aliphatic carbocycles. The Kier molecular flexibility index (Phi) is 5.08.